The van der Waals surface area contributed by atoms with Gasteiger partial charge in [0.2, 0.25) is 22.7 Å². The van der Waals surface area contributed by atoms with Gasteiger partial charge in [0.1, 0.15) is 0 Å². The third-order valence-electron chi connectivity index (χ3n) is 5.26. The minimum absolute atomic E-state index is 0.0324. The number of benzene rings is 1. The van der Waals surface area contributed by atoms with Crippen LogP contribution in [-0.4, -0.2) is 62.3 Å². The zero-order chi connectivity index (χ0) is 17.6. The molecule has 0 N–H and O–H groups in total. The first-order chi connectivity index (χ1) is 11.9. The number of amides is 1. The van der Waals surface area contributed by atoms with Crippen LogP contribution in [0.25, 0.3) is 0 Å². The molecular weight excluding hydrogens is 344 g/mol. The van der Waals surface area contributed by atoms with E-state index >= 15 is 0 Å². The Morgan fingerprint density at radius 1 is 1.16 bits per heavy atom. The molecule has 136 valence electrons. The number of sulfonamides is 1. The van der Waals surface area contributed by atoms with Crippen molar-refractivity contribution in [3.8, 4) is 11.5 Å². The van der Waals surface area contributed by atoms with Crippen molar-refractivity contribution in [2.75, 3.05) is 32.7 Å². The normalized spacial score (nSPS) is 25.9. The SMILES string of the molecule is CS(=O)(=O)N1C[C@@H]2CC[C@H](C1)N(C(=O)Cc1ccc3c(c1)OCO3)C2. The predicted octanol–water partition coefficient (Wildman–Crippen LogP) is 0.840. The standard InChI is InChI=1S/C17H22N2O5S/c1-25(21,22)18-8-13-2-4-14(10-18)19(9-13)17(20)7-12-3-5-15-16(6-12)24-11-23-15/h3,5-6,13-14H,2,4,7-11H2,1H3/t13-,14+/m0/s1. The van der Waals surface area contributed by atoms with Gasteiger partial charge in [-0.25, -0.2) is 8.42 Å². The molecule has 1 amide bonds. The van der Waals surface area contributed by atoms with E-state index in [2.05, 4.69) is 0 Å². The molecule has 1 aromatic rings. The van der Waals surface area contributed by atoms with Crippen molar-refractivity contribution in [3.63, 3.8) is 0 Å². The van der Waals surface area contributed by atoms with E-state index in [1.807, 2.05) is 23.1 Å². The highest BCUT2D eigenvalue weighted by molar-refractivity contribution is 7.88. The van der Waals surface area contributed by atoms with Crippen LogP contribution >= 0.6 is 0 Å². The van der Waals surface area contributed by atoms with Crippen LogP contribution in [0.15, 0.2) is 18.2 Å². The molecule has 0 aliphatic carbocycles. The summed E-state index contributed by atoms with van der Waals surface area (Å²) in [5.74, 6) is 1.64. The van der Waals surface area contributed by atoms with Gasteiger partial charge in [-0.05, 0) is 36.5 Å². The van der Waals surface area contributed by atoms with Gasteiger partial charge in [-0.3, -0.25) is 4.79 Å². The number of piperidine rings is 1. The maximum absolute atomic E-state index is 12.9. The van der Waals surface area contributed by atoms with Crippen molar-refractivity contribution >= 4 is 15.9 Å². The highest BCUT2D eigenvalue weighted by atomic mass is 32.2. The first-order valence-corrected chi connectivity index (χ1v) is 10.4. The number of ether oxygens (including phenoxy) is 2. The van der Waals surface area contributed by atoms with Gasteiger partial charge in [0.15, 0.2) is 11.5 Å². The first kappa shape index (κ1) is 16.7. The summed E-state index contributed by atoms with van der Waals surface area (Å²) in [5.41, 5.74) is 0.884. The fourth-order valence-corrected chi connectivity index (χ4v) is 4.87. The summed E-state index contributed by atoms with van der Waals surface area (Å²) in [4.78, 5) is 14.7. The predicted molar refractivity (Wildman–Crippen MR) is 90.9 cm³/mol. The Labute approximate surface area is 147 Å². The van der Waals surface area contributed by atoms with Crippen LogP contribution in [-0.2, 0) is 21.2 Å². The van der Waals surface area contributed by atoms with E-state index in [0.717, 1.165) is 18.4 Å². The maximum Gasteiger partial charge on any atom is 0.231 e. The van der Waals surface area contributed by atoms with Gasteiger partial charge >= 0.3 is 0 Å². The molecule has 0 radical (unpaired) electrons. The smallest absolute Gasteiger partial charge is 0.231 e. The van der Waals surface area contributed by atoms with Crippen LogP contribution in [0.2, 0.25) is 0 Å². The van der Waals surface area contributed by atoms with Gasteiger partial charge in [-0.2, -0.15) is 4.31 Å². The molecule has 2 bridgehead atoms. The largest absolute Gasteiger partial charge is 0.454 e. The van der Waals surface area contributed by atoms with Gasteiger partial charge in [-0.15, -0.1) is 0 Å². The summed E-state index contributed by atoms with van der Waals surface area (Å²) < 4.78 is 36.1. The van der Waals surface area contributed by atoms with Gasteiger partial charge in [0, 0.05) is 25.7 Å². The number of hydrogen-bond donors (Lipinski definition) is 0. The number of fused-ring (bicyclic) bond motifs is 5. The molecule has 0 saturated carbocycles. The van der Waals surface area contributed by atoms with Crippen LogP contribution in [0, 0.1) is 5.92 Å². The molecule has 4 aliphatic heterocycles. The van der Waals surface area contributed by atoms with Gasteiger partial charge in [0.25, 0.3) is 0 Å². The van der Waals surface area contributed by atoms with Crippen molar-refractivity contribution in [2.45, 2.75) is 25.3 Å². The Balaban J connectivity index is 1.49. The third-order valence-corrected chi connectivity index (χ3v) is 6.50. The van der Waals surface area contributed by atoms with Crippen molar-refractivity contribution in [1.82, 2.24) is 9.21 Å². The molecule has 8 heteroatoms. The second-order valence-corrected chi connectivity index (χ2v) is 9.07. The zero-order valence-corrected chi connectivity index (χ0v) is 15.0. The van der Waals surface area contributed by atoms with E-state index in [0.29, 0.717) is 37.6 Å². The fraction of sp³-hybridized carbons (Fsp3) is 0.588. The minimum atomic E-state index is -3.22. The minimum Gasteiger partial charge on any atom is -0.454 e. The Morgan fingerprint density at radius 2 is 1.96 bits per heavy atom. The molecular formula is C17H22N2O5S. The van der Waals surface area contributed by atoms with E-state index in [9.17, 15) is 13.2 Å². The first-order valence-electron chi connectivity index (χ1n) is 8.53. The Morgan fingerprint density at radius 3 is 2.76 bits per heavy atom. The average molecular weight is 366 g/mol. The molecule has 7 nitrogen and oxygen atoms in total. The molecule has 1 aromatic carbocycles. The number of rotatable bonds is 3. The maximum atomic E-state index is 12.9. The highest BCUT2D eigenvalue weighted by Crippen LogP contribution is 2.33. The van der Waals surface area contributed by atoms with Gasteiger partial charge in [-0.1, -0.05) is 6.07 Å². The molecule has 25 heavy (non-hydrogen) atoms. The van der Waals surface area contributed by atoms with Crippen LogP contribution < -0.4 is 9.47 Å². The van der Waals surface area contributed by atoms with E-state index in [1.165, 1.54) is 10.6 Å². The Hall–Kier alpha value is -1.80. The quantitative estimate of drug-likeness (QED) is 0.792. The number of hydrogen-bond acceptors (Lipinski definition) is 5. The second kappa shape index (κ2) is 6.17. The van der Waals surface area contributed by atoms with Crippen LogP contribution in [0.3, 0.4) is 0 Å². The molecule has 3 saturated heterocycles. The Kier molecular flexibility index (Phi) is 4.11. The third kappa shape index (κ3) is 3.32. The Bertz CT molecular complexity index is 794. The molecule has 0 aromatic heterocycles. The lowest BCUT2D eigenvalue weighted by Gasteiger charge is -2.36. The van der Waals surface area contributed by atoms with Crippen molar-refractivity contribution in [1.29, 1.82) is 0 Å². The van der Waals surface area contributed by atoms with E-state index < -0.39 is 10.0 Å². The summed E-state index contributed by atoms with van der Waals surface area (Å²) in [6, 6.07) is 5.52. The molecule has 0 unspecified atom stereocenters. The lowest BCUT2D eigenvalue weighted by molar-refractivity contribution is -0.134. The summed E-state index contributed by atoms with van der Waals surface area (Å²) in [7, 11) is -3.22. The molecule has 4 aliphatic rings. The van der Waals surface area contributed by atoms with Gasteiger partial charge < -0.3 is 14.4 Å². The van der Waals surface area contributed by atoms with E-state index in [1.54, 1.807) is 0 Å². The molecule has 5 rings (SSSR count). The lowest BCUT2D eigenvalue weighted by atomic mass is 9.94. The molecule has 4 heterocycles. The van der Waals surface area contributed by atoms with Crippen LogP contribution in [0.1, 0.15) is 18.4 Å². The monoisotopic (exact) mass is 366 g/mol. The second-order valence-electron chi connectivity index (χ2n) is 7.09. The fourth-order valence-electron chi connectivity index (χ4n) is 3.94. The van der Waals surface area contributed by atoms with Crippen molar-refractivity contribution in [3.05, 3.63) is 23.8 Å². The highest BCUT2D eigenvalue weighted by Gasteiger charge is 2.39. The number of carbonyl (C=O) groups is 1. The van der Waals surface area contributed by atoms with Crippen molar-refractivity contribution < 1.29 is 22.7 Å². The van der Waals surface area contributed by atoms with E-state index in [4.69, 9.17) is 9.47 Å². The zero-order valence-electron chi connectivity index (χ0n) is 14.2. The van der Waals surface area contributed by atoms with E-state index in [-0.39, 0.29) is 24.7 Å². The summed E-state index contributed by atoms with van der Waals surface area (Å²) in [6.07, 6.45) is 3.38. The topological polar surface area (TPSA) is 76.2 Å². The average Bonchev–Trinajstić information content (AvgIpc) is 2.81. The van der Waals surface area contributed by atoms with Crippen LogP contribution in [0.5, 0.6) is 11.5 Å². The van der Waals surface area contributed by atoms with Gasteiger partial charge in [0.05, 0.1) is 12.7 Å². The molecule has 2 atom stereocenters. The number of nitrogens with zero attached hydrogens (tertiary/aromatic N) is 2. The molecule has 0 spiro atoms. The summed E-state index contributed by atoms with van der Waals surface area (Å²) in [6.45, 7) is 1.77. The lowest BCUT2D eigenvalue weighted by Crippen LogP contribution is -2.48. The van der Waals surface area contributed by atoms with Crippen LogP contribution in [0.4, 0.5) is 0 Å². The summed E-state index contributed by atoms with van der Waals surface area (Å²) >= 11 is 0. The number of carbonyl (C=O) groups excluding carboxylic acids is 1. The molecule has 3 fully saturated rings. The summed E-state index contributed by atoms with van der Waals surface area (Å²) in [5, 5.41) is 0. The van der Waals surface area contributed by atoms with Crippen molar-refractivity contribution in [2.24, 2.45) is 5.92 Å².